The Hall–Kier alpha value is -0.990. The molecule has 0 atom stereocenters. The molecule has 2 N–H and O–H groups in total. The van der Waals surface area contributed by atoms with Crippen LogP contribution in [0.1, 0.15) is 6.92 Å². The third-order valence-electron chi connectivity index (χ3n) is 0.461. The molecule has 0 aromatic rings. The molecule has 0 aliphatic rings. The molecular formula is C5H9NO2. The van der Waals surface area contributed by atoms with E-state index in [2.05, 4.69) is 11.3 Å². The molecular weight excluding hydrogens is 106 g/mol. The lowest BCUT2D eigenvalue weighted by Crippen LogP contribution is -2.07. The van der Waals surface area contributed by atoms with E-state index in [0.29, 0.717) is 5.70 Å². The first-order chi connectivity index (χ1) is 3.63. The Morgan fingerprint density at radius 1 is 1.88 bits per heavy atom. The maximum absolute atomic E-state index is 10.0. The molecule has 0 unspecified atom stereocenters. The van der Waals surface area contributed by atoms with Crippen LogP contribution >= 0.6 is 0 Å². The van der Waals surface area contributed by atoms with Crippen LogP contribution in [-0.2, 0) is 9.53 Å². The van der Waals surface area contributed by atoms with Gasteiger partial charge in [0.1, 0.15) is 6.61 Å². The van der Waals surface area contributed by atoms with Crippen LogP contribution in [0.5, 0.6) is 0 Å². The zero-order valence-corrected chi connectivity index (χ0v) is 4.81. The Morgan fingerprint density at radius 2 is 2.38 bits per heavy atom. The predicted molar refractivity (Wildman–Crippen MR) is 30.0 cm³/mol. The number of carbonyl (C=O) groups excluding carboxylic acids is 1. The summed E-state index contributed by atoms with van der Waals surface area (Å²) >= 11 is 0. The van der Waals surface area contributed by atoms with E-state index in [1.54, 1.807) is 0 Å². The van der Waals surface area contributed by atoms with E-state index in [0.717, 1.165) is 0 Å². The van der Waals surface area contributed by atoms with E-state index in [1.807, 2.05) is 0 Å². The molecule has 0 aromatic heterocycles. The Balaban J connectivity index is 3.18. The molecule has 0 heterocycles. The normalized spacial score (nSPS) is 8.12. The summed E-state index contributed by atoms with van der Waals surface area (Å²) in [5.74, 6) is -0.336. The second kappa shape index (κ2) is 3.07. The lowest BCUT2D eigenvalue weighted by molar-refractivity contribution is -0.139. The van der Waals surface area contributed by atoms with Gasteiger partial charge in [-0.3, -0.25) is 4.79 Å². The highest BCUT2D eigenvalue weighted by atomic mass is 16.5. The van der Waals surface area contributed by atoms with Gasteiger partial charge in [0.25, 0.3) is 0 Å². The maximum Gasteiger partial charge on any atom is 0.303 e. The van der Waals surface area contributed by atoms with Crippen LogP contribution in [0.25, 0.3) is 0 Å². The van der Waals surface area contributed by atoms with Gasteiger partial charge in [-0.05, 0) is 0 Å². The van der Waals surface area contributed by atoms with Crippen molar-refractivity contribution in [3.05, 3.63) is 12.3 Å². The third-order valence-corrected chi connectivity index (χ3v) is 0.461. The van der Waals surface area contributed by atoms with Gasteiger partial charge in [0.2, 0.25) is 0 Å². The Morgan fingerprint density at radius 3 is 2.50 bits per heavy atom. The molecule has 0 aliphatic carbocycles. The number of esters is 1. The van der Waals surface area contributed by atoms with E-state index in [4.69, 9.17) is 5.73 Å². The van der Waals surface area contributed by atoms with Gasteiger partial charge >= 0.3 is 5.97 Å². The second-order valence-corrected chi connectivity index (χ2v) is 1.44. The molecule has 0 fully saturated rings. The van der Waals surface area contributed by atoms with Gasteiger partial charge in [-0.2, -0.15) is 0 Å². The molecule has 0 aliphatic heterocycles. The molecule has 0 amide bonds. The third kappa shape index (κ3) is 5.01. The van der Waals surface area contributed by atoms with Gasteiger partial charge in [-0.1, -0.05) is 6.58 Å². The number of carbonyl (C=O) groups is 1. The van der Waals surface area contributed by atoms with Crippen LogP contribution in [0.2, 0.25) is 0 Å². The van der Waals surface area contributed by atoms with Crippen molar-refractivity contribution in [3.63, 3.8) is 0 Å². The van der Waals surface area contributed by atoms with Crippen LogP contribution in [0.15, 0.2) is 12.3 Å². The zero-order chi connectivity index (χ0) is 6.57. The molecule has 0 rings (SSSR count). The number of hydrogen-bond acceptors (Lipinski definition) is 3. The molecule has 46 valence electrons. The van der Waals surface area contributed by atoms with Gasteiger partial charge < -0.3 is 10.5 Å². The summed E-state index contributed by atoms with van der Waals surface area (Å²) in [6.07, 6.45) is 0. The van der Waals surface area contributed by atoms with Gasteiger partial charge in [-0.15, -0.1) is 0 Å². The number of nitrogens with two attached hydrogens (primary N) is 1. The highest BCUT2D eigenvalue weighted by molar-refractivity contribution is 5.66. The Kier molecular flexibility index (Phi) is 2.69. The fourth-order valence-corrected chi connectivity index (χ4v) is 0.194. The molecule has 0 spiro atoms. The molecule has 0 radical (unpaired) electrons. The summed E-state index contributed by atoms with van der Waals surface area (Å²) < 4.78 is 4.44. The summed E-state index contributed by atoms with van der Waals surface area (Å²) in [4.78, 5) is 10.0. The SMILES string of the molecule is C=C(N)COC(C)=O. The first-order valence-electron chi connectivity index (χ1n) is 2.19. The monoisotopic (exact) mass is 115 g/mol. The lowest BCUT2D eigenvalue weighted by Gasteiger charge is -1.97. The second-order valence-electron chi connectivity index (χ2n) is 1.44. The van der Waals surface area contributed by atoms with Crippen molar-refractivity contribution in [2.75, 3.05) is 6.61 Å². The van der Waals surface area contributed by atoms with Crippen LogP contribution in [0.3, 0.4) is 0 Å². The average Bonchev–Trinajstić information content (AvgIpc) is 1.61. The van der Waals surface area contributed by atoms with Crippen molar-refractivity contribution < 1.29 is 9.53 Å². The maximum atomic E-state index is 10.0. The van der Waals surface area contributed by atoms with E-state index in [-0.39, 0.29) is 12.6 Å². The van der Waals surface area contributed by atoms with Crippen molar-refractivity contribution in [1.82, 2.24) is 0 Å². The van der Waals surface area contributed by atoms with Crippen LogP contribution in [-0.4, -0.2) is 12.6 Å². The summed E-state index contributed by atoms with van der Waals surface area (Å²) in [5.41, 5.74) is 5.43. The largest absolute Gasteiger partial charge is 0.459 e. The number of ether oxygens (including phenoxy) is 1. The molecule has 3 nitrogen and oxygen atoms in total. The Labute approximate surface area is 48.1 Å². The minimum atomic E-state index is -0.336. The van der Waals surface area contributed by atoms with Crippen molar-refractivity contribution in [3.8, 4) is 0 Å². The van der Waals surface area contributed by atoms with Gasteiger partial charge in [0.05, 0.1) is 0 Å². The van der Waals surface area contributed by atoms with Crippen LogP contribution in [0, 0.1) is 0 Å². The summed E-state index contributed by atoms with van der Waals surface area (Å²) in [5, 5.41) is 0. The van der Waals surface area contributed by atoms with Crippen LogP contribution < -0.4 is 5.73 Å². The first kappa shape index (κ1) is 7.01. The van der Waals surface area contributed by atoms with E-state index < -0.39 is 0 Å². The van der Waals surface area contributed by atoms with Crippen molar-refractivity contribution in [1.29, 1.82) is 0 Å². The average molecular weight is 115 g/mol. The summed E-state index contributed by atoms with van der Waals surface area (Å²) in [7, 11) is 0. The number of rotatable bonds is 2. The van der Waals surface area contributed by atoms with E-state index in [9.17, 15) is 4.79 Å². The van der Waals surface area contributed by atoms with E-state index in [1.165, 1.54) is 6.92 Å². The summed E-state index contributed by atoms with van der Waals surface area (Å²) in [6.45, 7) is 4.77. The fourth-order valence-electron chi connectivity index (χ4n) is 0.194. The van der Waals surface area contributed by atoms with Crippen molar-refractivity contribution in [2.24, 2.45) is 5.73 Å². The summed E-state index contributed by atoms with van der Waals surface area (Å²) in [6, 6.07) is 0. The topological polar surface area (TPSA) is 52.3 Å². The quantitative estimate of drug-likeness (QED) is 0.516. The molecule has 3 heteroatoms. The smallest absolute Gasteiger partial charge is 0.303 e. The minimum absolute atomic E-state index is 0.120. The molecule has 0 saturated heterocycles. The molecule has 0 saturated carbocycles. The van der Waals surface area contributed by atoms with E-state index >= 15 is 0 Å². The van der Waals surface area contributed by atoms with Crippen LogP contribution in [0.4, 0.5) is 0 Å². The van der Waals surface area contributed by atoms with Crippen molar-refractivity contribution >= 4 is 5.97 Å². The van der Waals surface area contributed by atoms with Crippen molar-refractivity contribution in [2.45, 2.75) is 6.92 Å². The fraction of sp³-hybridized carbons (Fsp3) is 0.400. The molecule has 0 bridgehead atoms. The first-order valence-corrected chi connectivity index (χ1v) is 2.19. The van der Waals surface area contributed by atoms with Gasteiger partial charge in [-0.25, -0.2) is 0 Å². The predicted octanol–water partition coefficient (Wildman–Crippen LogP) is 0.0219. The molecule has 0 aromatic carbocycles. The standard InChI is InChI=1S/C5H9NO2/c1-4(6)3-8-5(2)7/h1,3,6H2,2H3. The van der Waals surface area contributed by atoms with Gasteiger partial charge in [0.15, 0.2) is 0 Å². The van der Waals surface area contributed by atoms with Gasteiger partial charge in [0, 0.05) is 12.6 Å². The highest BCUT2D eigenvalue weighted by Gasteiger charge is 1.89. The zero-order valence-electron chi connectivity index (χ0n) is 4.81. The Bertz CT molecular complexity index is 95.0. The molecule has 8 heavy (non-hydrogen) atoms. The lowest BCUT2D eigenvalue weighted by atomic mass is 10.6. The highest BCUT2D eigenvalue weighted by Crippen LogP contribution is 1.80. The minimum Gasteiger partial charge on any atom is -0.459 e. The number of hydrogen-bond donors (Lipinski definition) is 1.